The van der Waals surface area contributed by atoms with Crippen LogP contribution in [0.4, 0.5) is 13.2 Å². The molecule has 3 rings (SSSR count). The van der Waals surface area contributed by atoms with E-state index in [1.54, 1.807) is 11.5 Å². The van der Waals surface area contributed by atoms with Gasteiger partial charge in [0.1, 0.15) is 18.1 Å². The van der Waals surface area contributed by atoms with Crippen molar-refractivity contribution in [3.8, 4) is 6.07 Å². The van der Waals surface area contributed by atoms with Gasteiger partial charge in [0.25, 0.3) is 0 Å². The topological polar surface area (TPSA) is 136 Å². The maximum atomic E-state index is 13.2. The van der Waals surface area contributed by atoms with E-state index in [2.05, 4.69) is 21.7 Å². The highest BCUT2D eigenvalue weighted by molar-refractivity contribution is 5.93. The Morgan fingerprint density at radius 3 is 2.43 bits per heavy atom. The molecular weight excluding hydrogens is 467 g/mol. The fourth-order valence-corrected chi connectivity index (χ4v) is 4.08. The zero-order valence-corrected chi connectivity index (χ0v) is 19.8. The minimum atomic E-state index is -5.16. The number of carbonyl (C=O) groups is 3. The van der Waals surface area contributed by atoms with Gasteiger partial charge in [-0.25, -0.2) is 0 Å². The van der Waals surface area contributed by atoms with Crippen molar-refractivity contribution in [2.75, 3.05) is 6.61 Å². The summed E-state index contributed by atoms with van der Waals surface area (Å²) >= 11 is 0. The smallest absolute Gasteiger partial charge is 0.374 e. The Kier molecular flexibility index (Phi) is 7.79. The number of aromatic amines is 1. The number of rotatable bonds is 8. The van der Waals surface area contributed by atoms with Crippen LogP contribution in [-0.4, -0.2) is 53.6 Å². The summed E-state index contributed by atoms with van der Waals surface area (Å²) in [5, 5.41) is 16.7. The molecule has 0 saturated heterocycles. The van der Waals surface area contributed by atoms with Crippen LogP contribution in [0.5, 0.6) is 0 Å². The average Bonchev–Trinajstić information content (AvgIpc) is 3.45. The molecule has 1 aromatic heterocycles. The maximum Gasteiger partial charge on any atom is 0.471 e. The van der Waals surface area contributed by atoms with E-state index >= 15 is 0 Å². The van der Waals surface area contributed by atoms with Crippen LogP contribution in [-0.2, 0) is 25.7 Å². The number of halogens is 3. The van der Waals surface area contributed by atoms with Crippen LogP contribution in [0.2, 0.25) is 0 Å². The molecule has 1 aromatic rings. The lowest BCUT2D eigenvalue weighted by Gasteiger charge is -2.32. The molecule has 192 valence electrons. The molecule has 1 aliphatic heterocycles. The minimum Gasteiger partial charge on any atom is -0.374 e. The maximum absolute atomic E-state index is 13.2. The highest BCUT2D eigenvalue weighted by Crippen LogP contribution is 2.34. The number of ether oxygens (including phenoxy) is 1. The quantitative estimate of drug-likeness (QED) is 0.436. The van der Waals surface area contributed by atoms with Gasteiger partial charge in [-0.2, -0.15) is 18.4 Å². The summed E-state index contributed by atoms with van der Waals surface area (Å²) in [6, 6.07) is 0.343. The number of amides is 3. The van der Waals surface area contributed by atoms with Gasteiger partial charge in [0, 0.05) is 17.8 Å². The molecule has 0 bridgehead atoms. The van der Waals surface area contributed by atoms with E-state index in [1.165, 1.54) is 20.8 Å². The fourth-order valence-electron chi connectivity index (χ4n) is 4.08. The van der Waals surface area contributed by atoms with Crippen molar-refractivity contribution in [1.82, 2.24) is 20.9 Å². The van der Waals surface area contributed by atoms with E-state index in [9.17, 15) is 32.8 Å². The van der Waals surface area contributed by atoms with Gasteiger partial charge in [0.15, 0.2) is 0 Å². The molecule has 12 heteroatoms. The summed E-state index contributed by atoms with van der Waals surface area (Å²) in [5.41, 5.74) is 0.603. The van der Waals surface area contributed by atoms with Crippen LogP contribution in [0.1, 0.15) is 57.2 Å². The Morgan fingerprint density at radius 1 is 1.17 bits per heavy atom. The summed E-state index contributed by atoms with van der Waals surface area (Å²) < 4.78 is 44.0. The van der Waals surface area contributed by atoms with Gasteiger partial charge in [-0.1, -0.05) is 33.6 Å². The third kappa shape index (κ3) is 6.75. The monoisotopic (exact) mass is 497 g/mol. The number of fused-ring (bicyclic) bond motifs is 1. The Morgan fingerprint density at radius 2 is 1.86 bits per heavy atom. The summed E-state index contributed by atoms with van der Waals surface area (Å²) in [6.45, 7) is 5.11. The first-order chi connectivity index (χ1) is 16.3. The first kappa shape index (κ1) is 26.5. The van der Waals surface area contributed by atoms with Gasteiger partial charge >= 0.3 is 12.1 Å². The van der Waals surface area contributed by atoms with Gasteiger partial charge in [-0.15, -0.1) is 0 Å². The summed E-state index contributed by atoms with van der Waals surface area (Å²) in [7, 11) is 0. The Labute approximate surface area is 201 Å². The fraction of sp³-hybridized carbons (Fsp3) is 0.652. The Hall–Kier alpha value is -3.07. The van der Waals surface area contributed by atoms with Gasteiger partial charge in [0.05, 0.1) is 19.3 Å². The van der Waals surface area contributed by atoms with E-state index in [-0.39, 0.29) is 18.9 Å². The first-order valence-electron chi connectivity index (χ1n) is 11.4. The molecule has 4 atom stereocenters. The molecule has 4 unspecified atom stereocenters. The lowest BCUT2D eigenvalue weighted by Crippen LogP contribution is -2.60. The standard InChI is InChI=1S/C23H30F3N5O4/c1-22(2,3)18(31-21(34)23(24,25)26)20(33)29-15(8-12-4-5-12)19(32)30-16(9-27)14-10-35-11-17-13(14)6-7-28-17/h6-7,12,14-16,18,28H,4-5,8,10-11H2,1-3H3,(H,29,33)(H,30,32)(H,31,34). The van der Waals surface area contributed by atoms with E-state index in [0.29, 0.717) is 6.61 Å². The number of carbonyl (C=O) groups excluding carboxylic acids is 3. The average molecular weight is 498 g/mol. The van der Waals surface area contributed by atoms with Crippen LogP contribution in [0.25, 0.3) is 0 Å². The van der Waals surface area contributed by atoms with E-state index in [4.69, 9.17) is 4.74 Å². The zero-order valence-electron chi connectivity index (χ0n) is 19.8. The van der Waals surface area contributed by atoms with Crippen LogP contribution in [0, 0.1) is 22.7 Å². The number of aromatic nitrogens is 1. The van der Waals surface area contributed by atoms with E-state index < -0.39 is 53.4 Å². The highest BCUT2D eigenvalue weighted by Gasteiger charge is 2.44. The van der Waals surface area contributed by atoms with Crippen molar-refractivity contribution in [2.24, 2.45) is 11.3 Å². The number of hydrogen-bond donors (Lipinski definition) is 4. The van der Waals surface area contributed by atoms with Crippen LogP contribution in [0.3, 0.4) is 0 Å². The molecule has 9 nitrogen and oxygen atoms in total. The van der Waals surface area contributed by atoms with E-state index in [1.807, 2.05) is 6.07 Å². The Balaban J connectivity index is 1.74. The molecule has 1 fully saturated rings. The molecular formula is C23H30F3N5O4. The molecule has 1 aliphatic carbocycles. The van der Waals surface area contributed by atoms with Gasteiger partial charge in [-0.3, -0.25) is 14.4 Å². The molecule has 2 heterocycles. The minimum absolute atomic E-state index is 0.179. The zero-order chi connectivity index (χ0) is 26.0. The van der Waals surface area contributed by atoms with Crippen LogP contribution < -0.4 is 16.0 Å². The number of nitrogens with one attached hydrogen (secondary N) is 4. The highest BCUT2D eigenvalue weighted by atomic mass is 19.4. The first-order valence-corrected chi connectivity index (χ1v) is 11.4. The lowest BCUT2D eigenvalue weighted by molar-refractivity contribution is -0.175. The molecule has 1 saturated carbocycles. The molecule has 2 aliphatic rings. The summed E-state index contributed by atoms with van der Waals surface area (Å²) in [4.78, 5) is 40.7. The van der Waals surface area contributed by atoms with Gasteiger partial charge in [-0.05, 0) is 29.4 Å². The van der Waals surface area contributed by atoms with Crippen LogP contribution >= 0.6 is 0 Å². The lowest BCUT2D eigenvalue weighted by atomic mass is 9.85. The van der Waals surface area contributed by atoms with Crippen molar-refractivity contribution in [3.63, 3.8) is 0 Å². The van der Waals surface area contributed by atoms with Crippen molar-refractivity contribution >= 4 is 17.7 Å². The number of nitrogens with zero attached hydrogens (tertiary/aromatic N) is 1. The van der Waals surface area contributed by atoms with Crippen molar-refractivity contribution in [2.45, 2.75) is 76.9 Å². The number of hydrogen-bond acceptors (Lipinski definition) is 5. The van der Waals surface area contributed by atoms with E-state index in [0.717, 1.165) is 24.1 Å². The second kappa shape index (κ2) is 10.3. The third-order valence-corrected chi connectivity index (χ3v) is 6.21. The molecule has 3 amide bonds. The normalized spacial score (nSPS) is 20.5. The van der Waals surface area contributed by atoms with Crippen molar-refractivity contribution < 1.29 is 32.3 Å². The second-order valence-electron chi connectivity index (χ2n) is 10.2. The summed E-state index contributed by atoms with van der Waals surface area (Å²) in [6.07, 6.45) is -1.44. The predicted octanol–water partition coefficient (Wildman–Crippen LogP) is 2.01. The number of alkyl halides is 3. The molecule has 0 radical (unpaired) electrons. The third-order valence-electron chi connectivity index (χ3n) is 6.21. The number of H-pyrrole nitrogens is 1. The molecule has 0 aromatic carbocycles. The summed E-state index contributed by atoms with van der Waals surface area (Å²) in [5.74, 6) is -4.00. The number of nitriles is 1. The van der Waals surface area contributed by atoms with Crippen LogP contribution in [0.15, 0.2) is 12.3 Å². The molecule has 0 spiro atoms. The van der Waals surface area contributed by atoms with Crippen molar-refractivity contribution in [1.29, 1.82) is 5.26 Å². The molecule has 4 N–H and O–H groups in total. The largest absolute Gasteiger partial charge is 0.471 e. The SMILES string of the molecule is CC(C)(C)C(NC(=O)C(F)(F)F)C(=O)NC(CC1CC1)C(=O)NC(C#N)C1COCc2[nH]ccc21. The predicted molar refractivity (Wildman–Crippen MR) is 117 cm³/mol. The van der Waals surface area contributed by atoms with Gasteiger partial charge < -0.3 is 25.7 Å². The van der Waals surface area contributed by atoms with Crippen molar-refractivity contribution in [3.05, 3.63) is 23.5 Å². The Bertz CT molecular complexity index is 991. The molecule has 35 heavy (non-hydrogen) atoms. The second-order valence-corrected chi connectivity index (χ2v) is 10.2. The van der Waals surface area contributed by atoms with Gasteiger partial charge in [0.2, 0.25) is 11.8 Å².